The number of aliphatic hydroxyl groups excluding tert-OH is 9. The second-order valence-electron chi connectivity index (χ2n) is 15.4. The lowest BCUT2D eigenvalue weighted by atomic mass is 9.99. The molecule has 7 rings (SSSR count). The third-order valence-corrected chi connectivity index (χ3v) is 11.0. The maximum absolute atomic E-state index is 14.0. The first kappa shape index (κ1) is 48.1. The maximum atomic E-state index is 14.0. The molecule has 0 aliphatic carbocycles. The van der Waals surface area contributed by atoms with Crippen molar-refractivity contribution in [1.82, 2.24) is 0 Å². The van der Waals surface area contributed by atoms with Gasteiger partial charge in [-0.15, -0.1) is 0 Å². The van der Waals surface area contributed by atoms with Crippen molar-refractivity contribution in [2.45, 2.75) is 79.4 Å². The minimum atomic E-state index is -2.36. The van der Waals surface area contributed by atoms with Gasteiger partial charge in [0.25, 0.3) is 0 Å². The van der Waals surface area contributed by atoms with Crippen LogP contribution in [-0.2, 0) is 23.7 Å². The number of rotatable bonds is 14. The molecule has 24 nitrogen and oxygen atoms in total. The summed E-state index contributed by atoms with van der Waals surface area (Å²) in [4.78, 5) is 26.8. The van der Waals surface area contributed by atoms with Gasteiger partial charge in [-0.25, -0.2) is 4.79 Å². The highest BCUT2D eigenvalue weighted by molar-refractivity contribution is 5.95. The highest BCUT2D eigenvalue weighted by atomic mass is 16.7. The summed E-state index contributed by atoms with van der Waals surface area (Å²) < 4.78 is 50.9. The molecule has 13 atom stereocenters. The quantitative estimate of drug-likeness (QED) is 0.0443. The lowest BCUT2D eigenvalue weighted by molar-refractivity contribution is -0.279. The summed E-state index contributed by atoms with van der Waals surface area (Å²) in [6.07, 6.45) is -21.9. The van der Waals surface area contributed by atoms with Crippen LogP contribution in [0.25, 0.3) is 28.4 Å². The van der Waals surface area contributed by atoms with Crippen LogP contribution in [0.1, 0.15) is 5.56 Å². The predicted molar refractivity (Wildman–Crippen MR) is 216 cm³/mol. The van der Waals surface area contributed by atoms with Crippen molar-refractivity contribution in [2.24, 2.45) is 0 Å². The monoisotopic (exact) mass is 934 g/mol. The van der Waals surface area contributed by atoms with Crippen molar-refractivity contribution in [3.05, 3.63) is 70.4 Å². The van der Waals surface area contributed by atoms with Crippen LogP contribution in [0.2, 0.25) is 0 Å². The molecule has 3 aromatic carbocycles. The second-order valence-corrected chi connectivity index (χ2v) is 15.4. The van der Waals surface area contributed by atoms with E-state index in [1.165, 1.54) is 55.7 Å². The van der Waals surface area contributed by atoms with Crippen molar-refractivity contribution in [3.8, 4) is 51.6 Å². The average molecular weight is 935 g/mol. The molecule has 0 unspecified atom stereocenters. The fourth-order valence-electron chi connectivity index (χ4n) is 7.13. The third kappa shape index (κ3) is 9.40. The first-order valence-electron chi connectivity index (χ1n) is 19.9. The first-order valence-corrected chi connectivity index (χ1v) is 19.9. The predicted octanol–water partition coefficient (Wildman–Crippen LogP) is -2.97. The van der Waals surface area contributed by atoms with Crippen molar-refractivity contribution in [2.75, 3.05) is 33.5 Å². The Morgan fingerprint density at radius 1 is 0.773 bits per heavy atom. The van der Waals surface area contributed by atoms with E-state index in [1.807, 2.05) is 0 Å². The Balaban J connectivity index is 1.33. The average Bonchev–Trinajstić information content (AvgIpc) is 3.59. The molecule has 358 valence electrons. The van der Waals surface area contributed by atoms with Crippen LogP contribution in [0.3, 0.4) is 0 Å². The van der Waals surface area contributed by atoms with Crippen molar-refractivity contribution < 1.29 is 113 Å². The van der Waals surface area contributed by atoms with Crippen LogP contribution in [0.4, 0.5) is 0 Å². The summed E-state index contributed by atoms with van der Waals surface area (Å²) in [6.45, 7) is -3.58. The van der Waals surface area contributed by atoms with Crippen LogP contribution in [-0.4, -0.2) is 185 Å². The minimum Gasteiger partial charge on any atom is -0.508 e. The summed E-state index contributed by atoms with van der Waals surface area (Å²) in [5, 5.41) is 138. The maximum Gasteiger partial charge on any atom is 0.330 e. The van der Waals surface area contributed by atoms with Crippen LogP contribution in [0, 0.1) is 0 Å². The molecular weight excluding hydrogens is 888 g/mol. The van der Waals surface area contributed by atoms with Gasteiger partial charge in [-0.05, 0) is 48.0 Å². The Morgan fingerprint density at radius 2 is 1.39 bits per heavy atom. The van der Waals surface area contributed by atoms with Gasteiger partial charge in [0.15, 0.2) is 28.3 Å². The number of hydrogen-bond acceptors (Lipinski definition) is 24. The van der Waals surface area contributed by atoms with Crippen LogP contribution in [0.15, 0.2) is 63.8 Å². The topological polar surface area (TPSA) is 384 Å². The molecule has 0 spiro atoms. The van der Waals surface area contributed by atoms with E-state index in [-0.39, 0.29) is 28.6 Å². The van der Waals surface area contributed by atoms with E-state index < -0.39 is 151 Å². The van der Waals surface area contributed by atoms with E-state index in [0.29, 0.717) is 5.56 Å². The fourth-order valence-corrected chi connectivity index (χ4v) is 7.13. The molecule has 1 aromatic heterocycles. The Bertz CT molecular complexity index is 2460. The standard InChI is InChI=1S/C42H46O24/c1-58-22-10-16(2-8-19(22)46)3-9-25(48)59-13-24-28(50)31(53)33(55)40(63-24)65-36-34-26(20(47)11-21(61-34)17-4-6-18(45)7-5-17)29(51)35(37(36)66-41-38(56)42(57,14-44)15-60-41)64-39-32(54)30(52)27(49)23(12-43)62-39/h2-11,23-24,27-28,30-33,38-41,43-46,49-57H,12-15H2,1H3/b9-3+/t23-,24-,27-,28-,30+,31+,32-,33-,38+,39+,40+,41+,42-/m1/s1. The molecule has 0 saturated carbocycles. The molecule has 66 heavy (non-hydrogen) atoms. The SMILES string of the molecule is COc1cc(/C=C/C(=O)OC[C@H]2O[C@@H](Oc3c(O[C@@H]4OC[C@](O)(CO)[C@H]4O)c(O[C@@H]4O[C@H](CO)[C@@H](O)[C@H](O)[C@H]4O)c(O)c4c(=O)cc(-c5ccc(O)cc5)oc34)[C@H](O)[C@@H](O)[C@@H]2O)ccc1O. The van der Waals surface area contributed by atoms with Gasteiger partial charge in [-0.1, -0.05) is 6.07 Å². The van der Waals surface area contributed by atoms with Gasteiger partial charge < -0.3 is 109 Å². The van der Waals surface area contributed by atoms with Crippen LogP contribution >= 0.6 is 0 Å². The molecular formula is C42H46O24. The highest BCUT2D eigenvalue weighted by Gasteiger charge is 2.52. The van der Waals surface area contributed by atoms with E-state index in [0.717, 1.165) is 12.1 Å². The van der Waals surface area contributed by atoms with E-state index in [1.54, 1.807) is 0 Å². The van der Waals surface area contributed by atoms with Crippen molar-refractivity contribution in [3.63, 3.8) is 0 Å². The number of hydrogen-bond donors (Lipinski definition) is 13. The van der Waals surface area contributed by atoms with E-state index in [2.05, 4.69) is 0 Å². The molecule has 0 amide bonds. The number of carbonyl (C=O) groups is 1. The number of esters is 1. The number of phenolic OH excluding ortho intramolecular Hbond substituents is 3. The van der Waals surface area contributed by atoms with Gasteiger partial charge in [0.05, 0.1) is 26.9 Å². The van der Waals surface area contributed by atoms with Crippen LogP contribution in [0.5, 0.6) is 40.2 Å². The number of aromatic hydroxyl groups is 3. The van der Waals surface area contributed by atoms with Gasteiger partial charge in [0.2, 0.25) is 36.1 Å². The molecule has 3 fully saturated rings. The molecule has 0 radical (unpaired) electrons. The number of fused-ring (bicyclic) bond motifs is 1. The lowest BCUT2D eigenvalue weighted by Crippen LogP contribution is -2.60. The number of methoxy groups -OCH3 is 1. The zero-order valence-corrected chi connectivity index (χ0v) is 34.3. The summed E-state index contributed by atoms with van der Waals surface area (Å²) >= 11 is 0. The number of ether oxygens (including phenoxy) is 8. The molecule has 4 aromatic rings. The number of carbonyl (C=O) groups excluding carboxylic acids is 1. The lowest BCUT2D eigenvalue weighted by Gasteiger charge is -2.40. The Hall–Kier alpha value is -5.84. The third-order valence-electron chi connectivity index (χ3n) is 11.0. The van der Waals surface area contributed by atoms with E-state index in [4.69, 9.17) is 42.3 Å². The second kappa shape index (κ2) is 19.6. The van der Waals surface area contributed by atoms with E-state index in [9.17, 15) is 76.0 Å². The normalized spacial score (nSPS) is 31.2. The van der Waals surface area contributed by atoms with Gasteiger partial charge in [0, 0.05) is 17.7 Å². The largest absolute Gasteiger partial charge is 0.508 e. The van der Waals surface area contributed by atoms with Gasteiger partial charge in [-0.3, -0.25) is 4.79 Å². The molecule has 3 aliphatic rings. The molecule has 3 saturated heterocycles. The molecule has 24 heteroatoms. The van der Waals surface area contributed by atoms with Crippen molar-refractivity contribution >= 4 is 23.0 Å². The zero-order chi connectivity index (χ0) is 47.8. The highest BCUT2D eigenvalue weighted by Crippen LogP contribution is 2.53. The fraction of sp³-hybridized carbons (Fsp3) is 0.429. The smallest absolute Gasteiger partial charge is 0.330 e. The number of aliphatic hydroxyl groups is 10. The molecule has 3 aliphatic heterocycles. The number of phenols is 3. The summed E-state index contributed by atoms with van der Waals surface area (Å²) in [6, 6.07) is 10.2. The number of benzene rings is 3. The Labute approximate surface area is 371 Å². The molecule has 0 bridgehead atoms. The van der Waals surface area contributed by atoms with Crippen molar-refractivity contribution in [1.29, 1.82) is 0 Å². The minimum absolute atomic E-state index is 0.111. The first-order chi connectivity index (χ1) is 31.4. The summed E-state index contributed by atoms with van der Waals surface area (Å²) in [7, 11) is 1.32. The van der Waals surface area contributed by atoms with E-state index >= 15 is 0 Å². The zero-order valence-electron chi connectivity index (χ0n) is 34.3. The summed E-state index contributed by atoms with van der Waals surface area (Å²) in [5.74, 6) is -5.59. The Kier molecular flexibility index (Phi) is 14.3. The molecule has 4 heterocycles. The van der Waals surface area contributed by atoms with Gasteiger partial charge in [-0.2, -0.15) is 0 Å². The van der Waals surface area contributed by atoms with Gasteiger partial charge >= 0.3 is 5.97 Å². The van der Waals surface area contributed by atoms with Gasteiger partial charge in [0.1, 0.15) is 84.0 Å². The summed E-state index contributed by atoms with van der Waals surface area (Å²) in [5.41, 5.74) is -3.62. The van der Waals surface area contributed by atoms with Crippen LogP contribution < -0.4 is 24.4 Å². The Morgan fingerprint density at radius 3 is 2.02 bits per heavy atom. The molecule has 13 N–H and O–H groups in total.